The normalized spacial score (nSPS) is 11.1. The van der Waals surface area contributed by atoms with Crippen LogP contribution < -0.4 is 11.5 Å². The number of hydrogen-bond donors (Lipinski definition) is 2. The Bertz CT molecular complexity index is 531. The molecule has 1 amide bonds. The summed E-state index contributed by atoms with van der Waals surface area (Å²) in [6, 6.07) is 0. The van der Waals surface area contributed by atoms with E-state index in [4.69, 9.17) is 11.5 Å². The van der Waals surface area contributed by atoms with Crippen LogP contribution in [0.15, 0.2) is 4.21 Å². The standard InChI is InChI=1S/C9H11N3OS3/c1-2-3-14-9-4-5(10)6(7(11)13)15-8(4)12-16-9/h2-3,10H2,1H3,(H2,11,13). The molecule has 0 bridgehead atoms. The van der Waals surface area contributed by atoms with E-state index in [9.17, 15) is 4.79 Å². The number of thiophene rings is 1. The van der Waals surface area contributed by atoms with E-state index in [1.54, 1.807) is 11.8 Å². The smallest absolute Gasteiger partial charge is 0.260 e. The Balaban J connectivity index is 2.49. The lowest BCUT2D eigenvalue weighted by atomic mass is 10.3. The van der Waals surface area contributed by atoms with Crippen molar-refractivity contribution in [2.45, 2.75) is 17.6 Å². The highest BCUT2D eigenvalue weighted by atomic mass is 32.2. The fourth-order valence-corrected chi connectivity index (χ4v) is 4.38. The molecule has 7 heteroatoms. The number of fused-ring (bicyclic) bond motifs is 1. The minimum atomic E-state index is -0.475. The van der Waals surface area contributed by atoms with Gasteiger partial charge in [0.25, 0.3) is 5.91 Å². The minimum Gasteiger partial charge on any atom is -0.397 e. The SMILES string of the molecule is CCCSc1snc2sc(C(N)=O)c(N)c12. The van der Waals surface area contributed by atoms with Gasteiger partial charge in [-0.05, 0) is 23.7 Å². The molecular formula is C9H11N3OS3. The van der Waals surface area contributed by atoms with Crippen molar-refractivity contribution in [3.05, 3.63) is 4.88 Å². The van der Waals surface area contributed by atoms with Crippen LogP contribution in [0.3, 0.4) is 0 Å². The summed E-state index contributed by atoms with van der Waals surface area (Å²) in [5.74, 6) is 0.551. The molecule has 0 radical (unpaired) electrons. The van der Waals surface area contributed by atoms with E-state index in [2.05, 4.69) is 11.3 Å². The monoisotopic (exact) mass is 273 g/mol. The summed E-state index contributed by atoms with van der Waals surface area (Å²) in [4.78, 5) is 12.4. The van der Waals surface area contributed by atoms with Gasteiger partial charge < -0.3 is 11.5 Å². The largest absolute Gasteiger partial charge is 0.397 e. The number of aromatic nitrogens is 1. The number of primary amides is 1. The summed E-state index contributed by atoms with van der Waals surface area (Å²) in [5.41, 5.74) is 11.7. The first-order valence-electron chi connectivity index (χ1n) is 4.75. The number of carbonyl (C=O) groups is 1. The molecular weight excluding hydrogens is 262 g/mol. The van der Waals surface area contributed by atoms with Crippen molar-refractivity contribution in [2.75, 3.05) is 11.5 Å². The van der Waals surface area contributed by atoms with Crippen molar-refractivity contribution < 1.29 is 4.79 Å². The maximum Gasteiger partial charge on any atom is 0.260 e. The molecule has 2 aromatic rings. The molecule has 0 aromatic carbocycles. The molecule has 0 saturated carbocycles. The molecule has 0 unspecified atom stereocenters. The van der Waals surface area contributed by atoms with Gasteiger partial charge in [-0.3, -0.25) is 4.79 Å². The van der Waals surface area contributed by atoms with Crippen LogP contribution in [0.1, 0.15) is 23.0 Å². The zero-order chi connectivity index (χ0) is 11.7. The second-order valence-electron chi connectivity index (χ2n) is 3.21. The van der Waals surface area contributed by atoms with Crippen molar-refractivity contribution in [1.29, 1.82) is 0 Å². The molecule has 2 rings (SSSR count). The van der Waals surface area contributed by atoms with Crippen molar-refractivity contribution in [3.63, 3.8) is 0 Å². The molecule has 0 aliphatic rings. The van der Waals surface area contributed by atoms with Gasteiger partial charge in [0, 0.05) is 0 Å². The van der Waals surface area contributed by atoms with Crippen LogP contribution in [-0.2, 0) is 0 Å². The summed E-state index contributed by atoms with van der Waals surface area (Å²) < 4.78 is 5.37. The van der Waals surface area contributed by atoms with E-state index in [0.717, 1.165) is 26.6 Å². The van der Waals surface area contributed by atoms with E-state index >= 15 is 0 Å². The number of hydrogen-bond acceptors (Lipinski definition) is 6. The van der Waals surface area contributed by atoms with Gasteiger partial charge in [-0.25, -0.2) is 0 Å². The second kappa shape index (κ2) is 4.60. The second-order valence-corrected chi connectivity index (χ2v) is 6.34. The molecule has 0 fully saturated rings. The van der Waals surface area contributed by atoms with Gasteiger partial charge in [0.05, 0.1) is 15.3 Å². The number of nitrogens with two attached hydrogens (primary N) is 2. The van der Waals surface area contributed by atoms with Gasteiger partial charge in [0.15, 0.2) is 0 Å². The van der Waals surface area contributed by atoms with Crippen molar-refractivity contribution in [2.24, 2.45) is 5.73 Å². The first-order chi connectivity index (χ1) is 7.65. The van der Waals surface area contributed by atoms with E-state index in [-0.39, 0.29) is 0 Å². The van der Waals surface area contributed by atoms with E-state index in [1.165, 1.54) is 22.9 Å². The first-order valence-corrected chi connectivity index (χ1v) is 7.33. The predicted molar refractivity (Wildman–Crippen MR) is 71.4 cm³/mol. The number of carbonyl (C=O) groups excluding carboxylic acids is 1. The van der Waals surface area contributed by atoms with Crippen LogP contribution in [0.2, 0.25) is 0 Å². The molecule has 86 valence electrons. The summed E-state index contributed by atoms with van der Waals surface area (Å²) in [5, 5.41) is 0.905. The van der Waals surface area contributed by atoms with Crippen molar-refractivity contribution in [3.8, 4) is 0 Å². The Labute approximate surface area is 105 Å². The average Bonchev–Trinajstić information content (AvgIpc) is 2.77. The van der Waals surface area contributed by atoms with Crippen LogP contribution in [-0.4, -0.2) is 16.0 Å². The molecule has 0 spiro atoms. The Kier molecular flexibility index (Phi) is 3.36. The lowest BCUT2D eigenvalue weighted by molar-refractivity contribution is 0.100. The van der Waals surface area contributed by atoms with Gasteiger partial charge in [-0.15, -0.1) is 23.1 Å². The summed E-state index contributed by atoms with van der Waals surface area (Å²) in [7, 11) is 0. The van der Waals surface area contributed by atoms with Gasteiger partial charge in [-0.1, -0.05) is 6.92 Å². The van der Waals surface area contributed by atoms with Crippen LogP contribution in [0.25, 0.3) is 10.2 Å². The highest BCUT2D eigenvalue weighted by Gasteiger charge is 2.19. The van der Waals surface area contributed by atoms with Gasteiger partial charge in [-0.2, -0.15) is 4.37 Å². The predicted octanol–water partition coefficient (Wildman–Crippen LogP) is 2.54. The lowest BCUT2D eigenvalue weighted by Crippen LogP contribution is -2.10. The average molecular weight is 273 g/mol. The topological polar surface area (TPSA) is 82.0 Å². The summed E-state index contributed by atoms with van der Waals surface area (Å²) >= 11 is 4.43. The van der Waals surface area contributed by atoms with Gasteiger partial charge >= 0.3 is 0 Å². The molecule has 0 saturated heterocycles. The van der Waals surface area contributed by atoms with E-state index in [0.29, 0.717) is 10.6 Å². The fourth-order valence-electron chi connectivity index (χ4n) is 1.30. The van der Waals surface area contributed by atoms with E-state index in [1.807, 2.05) is 0 Å². The Morgan fingerprint density at radius 3 is 2.94 bits per heavy atom. The molecule has 2 heterocycles. The highest BCUT2D eigenvalue weighted by molar-refractivity contribution is 8.01. The third kappa shape index (κ3) is 1.90. The number of thioether (sulfide) groups is 1. The Morgan fingerprint density at radius 2 is 2.31 bits per heavy atom. The quantitative estimate of drug-likeness (QED) is 0.839. The number of anilines is 1. The van der Waals surface area contributed by atoms with Crippen LogP contribution in [0, 0.1) is 0 Å². The number of amides is 1. The molecule has 4 nitrogen and oxygen atoms in total. The van der Waals surface area contributed by atoms with Crippen LogP contribution >= 0.6 is 34.6 Å². The molecule has 4 N–H and O–H groups in total. The molecule has 0 aliphatic carbocycles. The highest BCUT2D eigenvalue weighted by Crippen LogP contribution is 2.41. The number of nitrogens with zero attached hydrogens (tertiary/aromatic N) is 1. The third-order valence-corrected chi connectivity index (χ3v) is 5.53. The van der Waals surface area contributed by atoms with Crippen LogP contribution in [0.5, 0.6) is 0 Å². The number of nitrogen functional groups attached to an aromatic ring is 1. The van der Waals surface area contributed by atoms with Crippen LogP contribution in [0.4, 0.5) is 5.69 Å². The molecule has 2 aromatic heterocycles. The summed E-state index contributed by atoms with van der Waals surface area (Å²) in [6.45, 7) is 2.12. The Morgan fingerprint density at radius 1 is 1.56 bits per heavy atom. The Hall–Kier alpha value is -0.790. The minimum absolute atomic E-state index is 0.420. The van der Waals surface area contributed by atoms with Crippen molar-refractivity contribution in [1.82, 2.24) is 4.37 Å². The van der Waals surface area contributed by atoms with Gasteiger partial charge in [0.2, 0.25) is 0 Å². The zero-order valence-electron chi connectivity index (χ0n) is 8.65. The fraction of sp³-hybridized carbons (Fsp3) is 0.333. The first kappa shape index (κ1) is 11.7. The van der Waals surface area contributed by atoms with Gasteiger partial charge in [0.1, 0.15) is 9.71 Å². The molecule has 16 heavy (non-hydrogen) atoms. The number of rotatable bonds is 4. The van der Waals surface area contributed by atoms with Crippen molar-refractivity contribution >= 4 is 56.4 Å². The molecule has 0 atom stereocenters. The molecule has 0 aliphatic heterocycles. The summed E-state index contributed by atoms with van der Waals surface area (Å²) in [6.07, 6.45) is 1.09. The lowest BCUT2D eigenvalue weighted by Gasteiger charge is -1.96. The maximum absolute atomic E-state index is 11.1. The maximum atomic E-state index is 11.1. The third-order valence-electron chi connectivity index (χ3n) is 2.00. The zero-order valence-corrected chi connectivity index (χ0v) is 11.1. The van der Waals surface area contributed by atoms with E-state index < -0.39 is 5.91 Å².